The molecule has 0 radical (unpaired) electrons. The summed E-state index contributed by atoms with van der Waals surface area (Å²) < 4.78 is 1.77. The molecule has 20 heavy (non-hydrogen) atoms. The van der Waals surface area contributed by atoms with E-state index in [1.807, 2.05) is 31.6 Å². The van der Waals surface area contributed by atoms with Crippen LogP contribution in [0.2, 0.25) is 0 Å². The number of nitrogens with zero attached hydrogens (tertiary/aromatic N) is 2. The number of hydrogen-bond donors (Lipinski definition) is 1. The van der Waals surface area contributed by atoms with Gasteiger partial charge in [-0.05, 0) is 36.5 Å². The molecule has 1 aliphatic rings. The molecule has 4 nitrogen and oxygen atoms in total. The highest BCUT2D eigenvalue weighted by Crippen LogP contribution is 2.26. The number of benzene rings is 1. The molecule has 0 saturated heterocycles. The van der Waals surface area contributed by atoms with E-state index in [-0.39, 0.29) is 5.78 Å². The molecule has 3 rings (SSSR count). The predicted molar refractivity (Wildman–Crippen MR) is 79.1 cm³/mol. The molecule has 0 unspecified atom stereocenters. The molecule has 0 amide bonds. The van der Waals surface area contributed by atoms with Crippen LogP contribution in [0.25, 0.3) is 0 Å². The summed E-state index contributed by atoms with van der Waals surface area (Å²) in [6, 6.07) is 5.98. The maximum atomic E-state index is 12.4. The van der Waals surface area contributed by atoms with Crippen molar-refractivity contribution in [2.24, 2.45) is 7.05 Å². The number of Topliss-reactive ketones (excluding diaryl/α,β-unsaturated/α-hetero) is 1. The first-order valence-electron chi connectivity index (χ1n) is 7.10. The van der Waals surface area contributed by atoms with E-state index in [4.69, 9.17) is 0 Å². The summed E-state index contributed by atoms with van der Waals surface area (Å²) in [6.07, 6.45) is 7.19. The van der Waals surface area contributed by atoms with Crippen molar-refractivity contribution in [3.8, 4) is 0 Å². The van der Waals surface area contributed by atoms with Crippen molar-refractivity contribution in [2.75, 3.05) is 11.9 Å². The van der Waals surface area contributed by atoms with E-state index in [9.17, 15) is 4.79 Å². The lowest BCUT2D eigenvalue weighted by Gasteiger charge is -2.20. The summed E-state index contributed by atoms with van der Waals surface area (Å²) in [7, 11) is 1.89. The second-order valence-electron chi connectivity index (χ2n) is 5.31. The average molecular weight is 269 g/mol. The third kappa shape index (κ3) is 2.59. The second-order valence-corrected chi connectivity index (χ2v) is 5.31. The summed E-state index contributed by atoms with van der Waals surface area (Å²) in [5, 5.41) is 7.50. The zero-order valence-corrected chi connectivity index (χ0v) is 11.7. The van der Waals surface area contributed by atoms with Gasteiger partial charge in [0.15, 0.2) is 5.78 Å². The fourth-order valence-electron chi connectivity index (χ4n) is 2.76. The van der Waals surface area contributed by atoms with Crippen LogP contribution in [-0.4, -0.2) is 22.1 Å². The minimum Gasteiger partial charge on any atom is -0.385 e. The number of hydrogen-bond acceptors (Lipinski definition) is 3. The number of rotatable bonds is 4. The molecule has 1 aliphatic heterocycles. The lowest BCUT2D eigenvalue weighted by atomic mass is 9.93. The van der Waals surface area contributed by atoms with Gasteiger partial charge in [-0.1, -0.05) is 12.1 Å². The van der Waals surface area contributed by atoms with Crippen molar-refractivity contribution >= 4 is 11.5 Å². The molecule has 0 atom stereocenters. The molecule has 104 valence electrons. The number of anilines is 1. The van der Waals surface area contributed by atoms with Gasteiger partial charge in [0.25, 0.3) is 0 Å². The molecular formula is C16H19N3O. The Morgan fingerprint density at radius 2 is 2.35 bits per heavy atom. The highest BCUT2D eigenvalue weighted by Gasteiger charge is 2.17. The van der Waals surface area contributed by atoms with Crippen LogP contribution in [0.4, 0.5) is 5.69 Å². The quantitative estimate of drug-likeness (QED) is 0.868. The number of ketones is 1. The van der Waals surface area contributed by atoms with Gasteiger partial charge in [0.05, 0.1) is 6.20 Å². The summed E-state index contributed by atoms with van der Waals surface area (Å²) in [6.45, 7) is 1.00. The Morgan fingerprint density at radius 1 is 1.45 bits per heavy atom. The highest BCUT2D eigenvalue weighted by atomic mass is 16.1. The lowest BCUT2D eigenvalue weighted by molar-refractivity contribution is 0.0982. The maximum absolute atomic E-state index is 12.4. The Balaban J connectivity index is 1.74. The smallest absolute Gasteiger partial charge is 0.163 e. The molecule has 1 aromatic heterocycles. The van der Waals surface area contributed by atoms with Crippen LogP contribution < -0.4 is 5.32 Å². The first-order chi connectivity index (χ1) is 9.74. The van der Waals surface area contributed by atoms with Crippen LogP contribution in [0.5, 0.6) is 0 Å². The van der Waals surface area contributed by atoms with Gasteiger partial charge in [0.1, 0.15) is 0 Å². The van der Waals surface area contributed by atoms with Gasteiger partial charge in [0, 0.05) is 37.5 Å². The first kappa shape index (κ1) is 12.9. The maximum Gasteiger partial charge on any atom is 0.163 e. The van der Waals surface area contributed by atoms with Gasteiger partial charge < -0.3 is 5.32 Å². The van der Waals surface area contributed by atoms with Crippen molar-refractivity contribution in [3.05, 3.63) is 47.3 Å². The lowest BCUT2D eigenvalue weighted by Crippen LogP contribution is -2.15. The van der Waals surface area contributed by atoms with Crippen molar-refractivity contribution in [2.45, 2.75) is 25.7 Å². The topological polar surface area (TPSA) is 46.9 Å². The van der Waals surface area contributed by atoms with Crippen LogP contribution >= 0.6 is 0 Å². The Kier molecular flexibility index (Phi) is 3.54. The van der Waals surface area contributed by atoms with E-state index < -0.39 is 0 Å². The highest BCUT2D eigenvalue weighted by molar-refractivity contribution is 5.99. The number of nitrogens with one attached hydrogen (secondary N) is 1. The summed E-state index contributed by atoms with van der Waals surface area (Å²) in [5.41, 5.74) is 4.32. The predicted octanol–water partition coefficient (Wildman–Crippen LogP) is 2.59. The molecule has 2 aromatic rings. The monoisotopic (exact) mass is 269 g/mol. The second kappa shape index (κ2) is 5.49. The van der Waals surface area contributed by atoms with Crippen LogP contribution in [-0.2, 0) is 19.9 Å². The SMILES string of the molecule is Cn1cc(CCC(=O)c2cccc3c2CCCN3)cn1. The molecule has 0 spiro atoms. The molecule has 2 heterocycles. The third-order valence-corrected chi connectivity index (χ3v) is 3.79. The zero-order valence-electron chi connectivity index (χ0n) is 11.7. The van der Waals surface area contributed by atoms with E-state index in [1.54, 1.807) is 4.68 Å². The van der Waals surface area contributed by atoms with Crippen LogP contribution in [0.3, 0.4) is 0 Å². The molecule has 4 heteroatoms. The summed E-state index contributed by atoms with van der Waals surface area (Å²) >= 11 is 0. The number of carbonyl (C=O) groups is 1. The number of aromatic nitrogens is 2. The Morgan fingerprint density at radius 3 is 3.15 bits per heavy atom. The van der Waals surface area contributed by atoms with Crippen molar-refractivity contribution < 1.29 is 4.79 Å². The number of carbonyl (C=O) groups excluding carboxylic acids is 1. The van der Waals surface area contributed by atoms with E-state index >= 15 is 0 Å². The summed E-state index contributed by atoms with van der Waals surface area (Å²) in [4.78, 5) is 12.4. The largest absolute Gasteiger partial charge is 0.385 e. The molecule has 0 aliphatic carbocycles. The Hall–Kier alpha value is -2.10. The van der Waals surface area contributed by atoms with Crippen LogP contribution in [0.15, 0.2) is 30.6 Å². The van der Waals surface area contributed by atoms with Crippen molar-refractivity contribution in [3.63, 3.8) is 0 Å². The molecule has 0 fully saturated rings. The van der Waals surface area contributed by atoms with Gasteiger partial charge >= 0.3 is 0 Å². The number of fused-ring (bicyclic) bond motifs is 1. The fraction of sp³-hybridized carbons (Fsp3) is 0.375. The Bertz CT molecular complexity index is 630. The molecular weight excluding hydrogens is 250 g/mol. The van der Waals surface area contributed by atoms with Gasteiger partial charge in [0.2, 0.25) is 0 Å². The minimum atomic E-state index is 0.231. The minimum absolute atomic E-state index is 0.231. The van der Waals surface area contributed by atoms with Crippen molar-refractivity contribution in [1.29, 1.82) is 0 Å². The van der Waals surface area contributed by atoms with Gasteiger partial charge in [-0.15, -0.1) is 0 Å². The standard InChI is InChI=1S/C16H19N3O/c1-19-11-12(10-18-19)7-8-16(20)14-4-2-6-15-13(14)5-3-9-17-15/h2,4,6,10-11,17H,3,5,7-9H2,1H3. The summed E-state index contributed by atoms with van der Waals surface area (Å²) in [5.74, 6) is 0.231. The van der Waals surface area contributed by atoms with E-state index in [0.29, 0.717) is 6.42 Å². The van der Waals surface area contributed by atoms with Gasteiger partial charge in [-0.25, -0.2) is 0 Å². The normalized spacial score (nSPS) is 13.7. The van der Waals surface area contributed by atoms with E-state index in [1.165, 1.54) is 5.56 Å². The van der Waals surface area contributed by atoms with Gasteiger partial charge in [-0.2, -0.15) is 5.10 Å². The van der Waals surface area contributed by atoms with Crippen LogP contribution in [0, 0.1) is 0 Å². The van der Waals surface area contributed by atoms with Crippen molar-refractivity contribution in [1.82, 2.24) is 9.78 Å². The molecule has 0 bridgehead atoms. The van der Waals surface area contributed by atoms with Crippen LogP contribution in [0.1, 0.15) is 34.3 Å². The van der Waals surface area contributed by atoms with Gasteiger partial charge in [-0.3, -0.25) is 9.48 Å². The average Bonchev–Trinajstić information content (AvgIpc) is 2.90. The van der Waals surface area contributed by atoms with E-state index in [2.05, 4.69) is 16.5 Å². The van der Waals surface area contributed by atoms with E-state index in [0.717, 1.165) is 42.6 Å². The fourth-order valence-corrected chi connectivity index (χ4v) is 2.76. The molecule has 1 aromatic carbocycles. The molecule has 1 N–H and O–H groups in total. The third-order valence-electron chi connectivity index (χ3n) is 3.79. The zero-order chi connectivity index (χ0) is 13.9. The number of aryl methyl sites for hydroxylation is 2. The molecule has 0 saturated carbocycles. The Labute approximate surface area is 118 Å². The first-order valence-corrected chi connectivity index (χ1v) is 7.10.